The Hall–Kier alpha value is -2.23. The molecule has 0 aromatic heterocycles. The van der Waals surface area contributed by atoms with Gasteiger partial charge in [-0.15, -0.1) is 0 Å². The number of carbonyl (C=O) groups excluding carboxylic acids is 1. The number of amides is 1. The highest BCUT2D eigenvalue weighted by Crippen LogP contribution is 2.33. The van der Waals surface area contributed by atoms with Crippen molar-refractivity contribution in [1.82, 2.24) is 4.90 Å². The second kappa shape index (κ2) is 5.64. The van der Waals surface area contributed by atoms with Crippen LogP contribution in [0.25, 0.3) is 0 Å². The molecule has 1 saturated heterocycles. The number of carbonyl (C=O) groups is 1. The summed E-state index contributed by atoms with van der Waals surface area (Å²) >= 11 is 0. The van der Waals surface area contributed by atoms with E-state index in [1.54, 1.807) is 11.0 Å². The highest BCUT2D eigenvalue weighted by Gasteiger charge is 2.30. The van der Waals surface area contributed by atoms with Crippen LogP contribution in [-0.2, 0) is 0 Å². The quantitative estimate of drug-likeness (QED) is 0.819. The molecule has 1 amide bonds. The number of benzene rings is 2. The van der Waals surface area contributed by atoms with Crippen LogP contribution in [0.5, 0.6) is 0 Å². The van der Waals surface area contributed by atoms with E-state index in [1.165, 1.54) is 36.4 Å². The van der Waals surface area contributed by atoms with Gasteiger partial charge >= 0.3 is 0 Å². The zero-order chi connectivity index (χ0) is 14.8. The van der Waals surface area contributed by atoms with E-state index in [9.17, 15) is 13.6 Å². The minimum absolute atomic E-state index is 0.113. The molecule has 1 fully saturated rings. The molecular weight excluding hydrogens is 272 g/mol. The van der Waals surface area contributed by atoms with Gasteiger partial charge in [0.2, 0.25) is 0 Å². The lowest BCUT2D eigenvalue weighted by Crippen LogP contribution is -2.30. The molecule has 0 unspecified atom stereocenters. The molecule has 0 bridgehead atoms. The van der Waals surface area contributed by atoms with Crippen molar-refractivity contribution in [2.24, 2.45) is 0 Å². The number of rotatable bonds is 2. The average Bonchev–Trinajstić information content (AvgIpc) is 2.97. The molecular formula is C17H15F2NO. The molecule has 108 valence electrons. The van der Waals surface area contributed by atoms with Crippen LogP contribution >= 0.6 is 0 Å². The van der Waals surface area contributed by atoms with Crippen molar-refractivity contribution >= 4 is 5.91 Å². The molecule has 0 radical (unpaired) electrons. The smallest absolute Gasteiger partial charge is 0.254 e. The molecule has 1 atom stereocenters. The first-order valence-electron chi connectivity index (χ1n) is 6.97. The van der Waals surface area contributed by atoms with Gasteiger partial charge in [-0.05, 0) is 54.8 Å². The maximum atomic E-state index is 13.4. The Labute approximate surface area is 122 Å². The van der Waals surface area contributed by atoms with E-state index in [1.807, 2.05) is 6.07 Å². The lowest BCUT2D eigenvalue weighted by molar-refractivity contribution is 0.0735. The zero-order valence-electron chi connectivity index (χ0n) is 11.4. The summed E-state index contributed by atoms with van der Waals surface area (Å²) in [7, 11) is 0. The van der Waals surface area contributed by atoms with Crippen LogP contribution in [0.15, 0.2) is 48.5 Å². The third-order valence-electron chi connectivity index (χ3n) is 3.84. The molecule has 2 nitrogen and oxygen atoms in total. The zero-order valence-corrected chi connectivity index (χ0v) is 11.4. The molecule has 1 aliphatic rings. The molecule has 0 N–H and O–H groups in total. The maximum absolute atomic E-state index is 13.4. The number of nitrogens with zero attached hydrogens (tertiary/aromatic N) is 1. The topological polar surface area (TPSA) is 20.3 Å². The number of likely N-dealkylation sites (tertiary alicyclic amines) is 1. The van der Waals surface area contributed by atoms with Crippen LogP contribution in [0.4, 0.5) is 8.78 Å². The Morgan fingerprint density at radius 3 is 2.52 bits per heavy atom. The van der Waals surface area contributed by atoms with E-state index in [2.05, 4.69) is 0 Å². The van der Waals surface area contributed by atoms with Crippen LogP contribution in [-0.4, -0.2) is 17.4 Å². The van der Waals surface area contributed by atoms with Gasteiger partial charge in [0, 0.05) is 12.1 Å². The third-order valence-corrected chi connectivity index (χ3v) is 3.84. The number of halogens is 2. The lowest BCUT2D eigenvalue weighted by atomic mass is 10.0. The fourth-order valence-corrected chi connectivity index (χ4v) is 2.83. The lowest BCUT2D eigenvalue weighted by Gasteiger charge is -2.25. The van der Waals surface area contributed by atoms with E-state index in [0.29, 0.717) is 12.1 Å². The summed E-state index contributed by atoms with van der Waals surface area (Å²) in [6.07, 6.45) is 1.70. The maximum Gasteiger partial charge on any atom is 0.254 e. The third kappa shape index (κ3) is 2.79. The van der Waals surface area contributed by atoms with Crippen molar-refractivity contribution in [3.8, 4) is 0 Å². The van der Waals surface area contributed by atoms with Crippen molar-refractivity contribution in [3.05, 3.63) is 71.3 Å². The predicted molar refractivity (Wildman–Crippen MR) is 75.8 cm³/mol. The fourth-order valence-electron chi connectivity index (χ4n) is 2.83. The summed E-state index contributed by atoms with van der Waals surface area (Å²) in [6, 6.07) is 11.8. The second-order valence-electron chi connectivity index (χ2n) is 5.22. The van der Waals surface area contributed by atoms with E-state index in [0.717, 1.165) is 18.4 Å². The minimum atomic E-state index is -0.366. The van der Waals surface area contributed by atoms with Gasteiger partial charge in [-0.2, -0.15) is 0 Å². The van der Waals surface area contributed by atoms with Gasteiger partial charge < -0.3 is 4.90 Å². The molecule has 0 saturated carbocycles. The van der Waals surface area contributed by atoms with E-state index >= 15 is 0 Å². The fraction of sp³-hybridized carbons (Fsp3) is 0.235. The predicted octanol–water partition coefficient (Wildman–Crippen LogP) is 3.94. The Bertz CT molecular complexity index is 654. The summed E-state index contributed by atoms with van der Waals surface area (Å²) < 4.78 is 26.3. The first-order chi connectivity index (χ1) is 10.1. The van der Waals surface area contributed by atoms with Crippen LogP contribution in [0.3, 0.4) is 0 Å². The first kappa shape index (κ1) is 13.7. The van der Waals surface area contributed by atoms with Gasteiger partial charge in [-0.3, -0.25) is 4.79 Å². The molecule has 2 aromatic rings. The Morgan fingerprint density at radius 2 is 1.81 bits per heavy atom. The molecule has 21 heavy (non-hydrogen) atoms. The van der Waals surface area contributed by atoms with Crippen LogP contribution in [0.1, 0.15) is 34.8 Å². The largest absolute Gasteiger partial charge is 0.332 e. The van der Waals surface area contributed by atoms with Gasteiger partial charge in [0.1, 0.15) is 11.6 Å². The SMILES string of the molecule is O=C(c1ccc(F)cc1)N1CCC[C@@H]1c1cccc(F)c1. The van der Waals surface area contributed by atoms with Crippen molar-refractivity contribution in [2.45, 2.75) is 18.9 Å². The molecule has 1 aliphatic heterocycles. The average molecular weight is 287 g/mol. The molecule has 4 heteroatoms. The van der Waals surface area contributed by atoms with Gasteiger partial charge in [-0.25, -0.2) is 8.78 Å². The highest BCUT2D eigenvalue weighted by atomic mass is 19.1. The summed E-state index contributed by atoms with van der Waals surface area (Å²) in [5.41, 5.74) is 1.27. The highest BCUT2D eigenvalue weighted by molar-refractivity contribution is 5.94. The van der Waals surface area contributed by atoms with E-state index in [4.69, 9.17) is 0 Å². The summed E-state index contributed by atoms with van der Waals surface area (Å²) in [5, 5.41) is 0. The number of hydrogen-bond acceptors (Lipinski definition) is 1. The van der Waals surface area contributed by atoms with Crippen LogP contribution < -0.4 is 0 Å². The monoisotopic (exact) mass is 287 g/mol. The Morgan fingerprint density at radius 1 is 1.05 bits per heavy atom. The van der Waals surface area contributed by atoms with E-state index < -0.39 is 0 Å². The summed E-state index contributed by atoms with van der Waals surface area (Å²) in [4.78, 5) is 14.3. The van der Waals surface area contributed by atoms with Crippen LogP contribution in [0.2, 0.25) is 0 Å². The summed E-state index contributed by atoms with van der Waals surface area (Å²) in [6.45, 7) is 0.636. The Balaban J connectivity index is 1.87. The van der Waals surface area contributed by atoms with Gasteiger partial charge in [-0.1, -0.05) is 12.1 Å². The second-order valence-corrected chi connectivity index (χ2v) is 5.22. The Kier molecular flexibility index (Phi) is 3.69. The van der Waals surface area contributed by atoms with E-state index in [-0.39, 0.29) is 23.6 Å². The van der Waals surface area contributed by atoms with Gasteiger partial charge in [0.25, 0.3) is 5.91 Å². The molecule has 0 aliphatic carbocycles. The van der Waals surface area contributed by atoms with Crippen molar-refractivity contribution < 1.29 is 13.6 Å². The summed E-state index contributed by atoms with van der Waals surface area (Å²) in [5.74, 6) is -0.801. The number of hydrogen-bond donors (Lipinski definition) is 0. The molecule has 0 spiro atoms. The standard InChI is InChI=1S/C17H15F2NO/c18-14-8-6-12(7-9-14)17(21)20-10-2-5-16(20)13-3-1-4-15(19)11-13/h1,3-4,6-9,11,16H,2,5,10H2/t16-/m1/s1. The van der Waals surface area contributed by atoms with Crippen LogP contribution in [0, 0.1) is 11.6 Å². The minimum Gasteiger partial charge on any atom is -0.332 e. The molecule has 1 heterocycles. The van der Waals surface area contributed by atoms with Crippen molar-refractivity contribution in [1.29, 1.82) is 0 Å². The first-order valence-corrected chi connectivity index (χ1v) is 6.97. The van der Waals surface area contributed by atoms with Gasteiger partial charge in [0.05, 0.1) is 6.04 Å². The molecule has 2 aromatic carbocycles. The van der Waals surface area contributed by atoms with Crippen molar-refractivity contribution in [2.75, 3.05) is 6.54 Å². The van der Waals surface area contributed by atoms with Crippen molar-refractivity contribution in [3.63, 3.8) is 0 Å². The molecule has 3 rings (SSSR count). The van der Waals surface area contributed by atoms with Gasteiger partial charge in [0.15, 0.2) is 0 Å². The normalized spacial score (nSPS) is 18.0.